The molecule has 1 aromatic rings. The molecule has 0 saturated carbocycles. The number of aliphatic hydroxyl groups is 1. The Bertz CT molecular complexity index is 479. The zero-order valence-corrected chi connectivity index (χ0v) is 11.5. The van der Waals surface area contributed by atoms with Crippen LogP contribution in [0.4, 0.5) is 20.2 Å². The quantitative estimate of drug-likeness (QED) is 0.619. The van der Waals surface area contributed by atoms with Gasteiger partial charge in [-0.2, -0.15) is 4.39 Å². The van der Waals surface area contributed by atoms with E-state index in [0.717, 1.165) is 6.07 Å². The maximum absolute atomic E-state index is 13.7. The third-order valence-corrected chi connectivity index (χ3v) is 3.22. The number of nitro benzene ring substituents is 1. The number of anilines is 1. The van der Waals surface area contributed by atoms with E-state index in [-0.39, 0.29) is 24.9 Å². The van der Waals surface area contributed by atoms with Crippen LogP contribution in [-0.4, -0.2) is 29.2 Å². The number of benzene rings is 1. The van der Waals surface area contributed by atoms with Crippen molar-refractivity contribution in [2.24, 2.45) is 0 Å². The summed E-state index contributed by atoms with van der Waals surface area (Å²) < 4.78 is 27.1. The molecule has 1 aromatic carbocycles. The number of hydrogen-bond donors (Lipinski definition) is 1. The van der Waals surface area contributed by atoms with Crippen molar-refractivity contribution < 1.29 is 18.8 Å². The zero-order chi connectivity index (χ0) is 15.3. The first-order chi connectivity index (χ1) is 9.46. The first-order valence-electron chi connectivity index (χ1n) is 6.47. The van der Waals surface area contributed by atoms with Crippen LogP contribution in [0.25, 0.3) is 0 Å². The highest BCUT2D eigenvalue weighted by molar-refractivity contribution is 5.64. The van der Waals surface area contributed by atoms with Crippen LogP contribution >= 0.6 is 0 Å². The third-order valence-electron chi connectivity index (χ3n) is 3.22. The molecule has 7 heteroatoms. The molecule has 0 saturated heterocycles. The van der Waals surface area contributed by atoms with Gasteiger partial charge in [0.15, 0.2) is 0 Å². The minimum absolute atomic E-state index is 0.0794. The lowest BCUT2D eigenvalue weighted by molar-refractivity contribution is -0.386. The van der Waals surface area contributed by atoms with Gasteiger partial charge >= 0.3 is 5.69 Å². The van der Waals surface area contributed by atoms with Gasteiger partial charge in [-0.25, -0.2) is 4.39 Å². The van der Waals surface area contributed by atoms with Crippen LogP contribution in [0, 0.1) is 21.7 Å². The Morgan fingerprint density at radius 1 is 1.35 bits per heavy atom. The van der Waals surface area contributed by atoms with E-state index in [4.69, 9.17) is 5.11 Å². The Morgan fingerprint density at radius 3 is 2.40 bits per heavy atom. The highest BCUT2D eigenvalue weighted by Gasteiger charge is 2.28. The second-order valence-corrected chi connectivity index (χ2v) is 4.40. The summed E-state index contributed by atoms with van der Waals surface area (Å²) in [6.07, 6.45) is 1.29. The topological polar surface area (TPSA) is 66.6 Å². The fraction of sp³-hybridized carbons (Fsp3) is 0.538. The van der Waals surface area contributed by atoms with Crippen molar-refractivity contribution in [2.75, 3.05) is 18.1 Å². The van der Waals surface area contributed by atoms with E-state index in [2.05, 4.69) is 0 Å². The second-order valence-electron chi connectivity index (χ2n) is 4.40. The Hall–Kier alpha value is -1.76. The lowest BCUT2D eigenvalue weighted by Crippen LogP contribution is -2.37. The molecule has 0 spiro atoms. The highest BCUT2D eigenvalue weighted by Crippen LogP contribution is 2.34. The van der Waals surface area contributed by atoms with Crippen LogP contribution in [0.3, 0.4) is 0 Å². The van der Waals surface area contributed by atoms with E-state index in [9.17, 15) is 18.9 Å². The molecule has 1 N–H and O–H groups in total. The van der Waals surface area contributed by atoms with E-state index in [1.807, 2.05) is 13.8 Å². The third kappa shape index (κ3) is 3.41. The minimum atomic E-state index is -1.21. The number of halogens is 2. The molecule has 112 valence electrons. The Balaban J connectivity index is 3.41. The summed E-state index contributed by atoms with van der Waals surface area (Å²) in [6.45, 7) is 3.57. The summed E-state index contributed by atoms with van der Waals surface area (Å²) in [5.74, 6) is -2.09. The lowest BCUT2D eigenvalue weighted by atomic mass is 10.1. The molecule has 0 radical (unpaired) electrons. The number of nitro groups is 1. The SMILES string of the molecule is CCC(CC)N(CCO)c1cc(F)cc(F)c1[N+](=O)[O-]. The molecule has 0 unspecified atom stereocenters. The number of aliphatic hydroxyl groups excluding tert-OH is 1. The number of nitrogens with zero attached hydrogens (tertiary/aromatic N) is 2. The fourth-order valence-electron chi connectivity index (χ4n) is 2.29. The Morgan fingerprint density at radius 2 is 1.95 bits per heavy atom. The van der Waals surface area contributed by atoms with Crippen molar-refractivity contribution in [2.45, 2.75) is 32.7 Å². The van der Waals surface area contributed by atoms with Crippen LogP contribution in [0.5, 0.6) is 0 Å². The largest absolute Gasteiger partial charge is 0.395 e. The van der Waals surface area contributed by atoms with E-state index < -0.39 is 22.2 Å². The summed E-state index contributed by atoms with van der Waals surface area (Å²) in [4.78, 5) is 11.6. The Labute approximate surface area is 116 Å². The maximum atomic E-state index is 13.7. The smallest absolute Gasteiger partial charge is 0.328 e. The number of hydrogen-bond acceptors (Lipinski definition) is 4. The van der Waals surface area contributed by atoms with Crippen LogP contribution in [0.1, 0.15) is 26.7 Å². The van der Waals surface area contributed by atoms with Gasteiger partial charge in [0.1, 0.15) is 11.5 Å². The summed E-state index contributed by atoms with van der Waals surface area (Å²) in [6, 6.07) is 1.29. The monoisotopic (exact) mass is 288 g/mol. The standard InChI is InChI=1S/C13H18F2N2O3/c1-3-10(4-2)16(5-6-18)12-8-9(14)7-11(15)13(12)17(19)20/h7-8,10,18H,3-6H2,1-2H3. The second kappa shape index (κ2) is 7.14. The van der Waals surface area contributed by atoms with Gasteiger partial charge in [-0.3, -0.25) is 10.1 Å². The van der Waals surface area contributed by atoms with E-state index in [0.29, 0.717) is 18.9 Å². The number of rotatable bonds is 7. The summed E-state index contributed by atoms with van der Waals surface area (Å²) in [5.41, 5.74) is -0.887. The molecule has 0 atom stereocenters. The van der Waals surface area contributed by atoms with Gasteiger partial charge < -0.3 is 10.0 Å². The molecule has 0 aliphatic rings. The van der Waals surface area contributed by atoms with Gasteiger partial charge in [0.2, 0.25) is 5.82 Å². The molecule has 0 aliphatic heterocycles. The first-order valence-corrected chi connectivity index (χ1v) is 6.47. The summed E-state index contributed by atoms with van der Waals surface area (Å²) in [5, 5.41) is 20.1. The first kappa shape index (κ1) is 16.3. The van der Waals surface area contributed by atoms with Crippen molar-refractivity contribution in [3.63, 3.8) is 0 Å². The molecule has 0 fully saturated rings. The molecular formula is C13H18F2N2O3. The predicted molar refractivity (Wildman–Crippen MR) is 71.8 cm³/mol. The molecule has 0 amide bonds. The van der Waals surface area contributed by atoms with Crippen LogP contribution in [0.2, 0.25) is 0 Å². The molecule has 0 bridgehead atoms. The minimum Gasteiger partial charge on any atom is -0.395 e. The summed E-state index contributed by atoms with van der Waals surface area (Å²) >= 11 is 0. The summed E-state index contributed by atoms with van der Waals surface area (Å²) in [7, 11) is 0. The van der Waals surface area contributed by atoms with E-state index in [1.54, 1.807) is 0 Å². The van der Waals surface area contributed by atoms with Crippen molar-refractivity contribution in [3.05, 3.63) is 33.9 Å². The van der Waals surface area contributed by atoms with Crippen molar-refractivity contribution in [3.8, 4) is 0 Å². The van der Waals surface area contributed by atoms with Gasteiger partial charge in [-0.15, -0.1) is 0 Å². The van der Waals surface area contributed by atoms with E-state index >= 15 is 0 Å². The zero-order valence-electron chi connectivity index (χ0n) is 11.5. The van der Waals surface area contributed by atoms with Gasteiger partial charge in [-0.05, 0) is 12.8 Å². The van der Waals surface area contributed by atoms with Crippen molar-refractivity contribution in [1.29, 1.82) is 0 Å². The van der Waals surface area contributed by atoms with Crippen LogP contribution in [0.15, 0.2) is 12.1 Å². The molecule has 0 heterocycles. The van der Waals surface area contributed by atoms with Crippen LogP contribution < -0.4 is 4.90 Å². The molecule has 0 aliphatic carbocycles. The van der Waals surface area contributed by atoms with Gasteiger partial charge in [-0.1, -0.05) is 13.8 Å². The molecule has 5 nitrogen and oxygen atoms in total. The lowest BCUT2D eigenvalue weighted by Gasteiger charge is -2.31. The van der Waals surface area contributed by atoms with Crippen molar-refractivity contribution >= 4 is 11.4 Å². The highest BCUT2D eigenvalue weighted by atomic mass is 19.1. The molecule has 1 rings (SSSR count). The Kier molecular flexibility index (Phi) is 5.82. The molecular weight excluding hydrogens is 270 g/mol. The van der Waals surface area contributed by atoms with Crippen molar-refractivity contribution in [1.82, 2.24) is 0 Å². The fourth-order valence-corrected chi connectivity index (χ4v) is 2.29. The average molecular weight is 288 g/mol. The maximum Gasteiger partial charge on any atom is 0.328 e. The van der Waals surface area contributed by atoms with Gasteiger partial charge in [0, 0.05) is 24.7 Å². The van der Waals surface area contributed by atoms with Crippen LogP contribution in [-0.2, 0) is 0 Å². The molecule has 0 aromatic heterocycles. The van der Waals surface area contributed by atoms with Gasteiger partial charge in [0.25, 0.3) is 0 Å². The van der Waals surface area contributed by atoms with Gasteiger partial charge in [0.05, 0.1) is 11.5 Å². The average Bonchev–Trinajstić information content (AvgIpc) is 2.37. The normalized spacial score (nSPS) is 10.9. The predicted octanol–water partition coefficient (Wildman–Crippen LogP) is 2.86. The van der Waals surface area contributed by atoms with E-state index in [1.165, 1.54) is 4.90 Å². The molecule has 20 heavy (non-hydrogen) atoms.